The van der Waals surface area contributed by atoms with E-state index in [0.29, 0.717) is 17.3 Å². The van der Waals surface area contributed by atoms with E-state index in [4.69, 9.17) is 21.2 Å². The summed E-state index contributed by atoms with van der Waals surface area (Å²) in [6, 6.07) is 7.66. The van der Waals surface area contributed by atoms with Crippen molar-refractivity contribution in [1.82, 2.24) is 5.32 Å². The summed E-state index contributed by atoms with van der Waals surface area (Å²) in [5.41, 5.74) is 14.5. The topological polar surface area (TPSA) is 106 Å². The van der Waals surface area contributed by atoms with Gasteiger partial charge in [-0.3, -0.25) is 0 Å². The average molecular weight is 370 g/mol. The van der Waals surface area contributed by atoms with Crippen molar-refractivity contribution in [2.75, 3.05) is 12.8 Å². The minimum Gasteiger partial charge on any atom is -0.497 e. The zero-order valence-corrected chi connectivity index (χ0v) is 16.1. The van der Waals surface area contributed by atoms with Crippen LogP contribution in [0.1, 0.15) is 44.6 Å². The maximum Gasteiger partial charge on any atom is 0.178 e. The van der Waals surface area contributed by atoms with Gasteiger partial charge in [0.05, 0.1) is 18.6 Å². The van der Waals surface area contributed by atoms with Gasteiger partial charge >= 0.3 is 0 Å². The lowest BCUT2D eigenvalue weighted by atomic mass is 9.93. The Morgan fingerprint density at radius 3 is 2.81 bits per heavy atom. The second-order valence-corrected chi connectivity index (χ2v) is 7.35. The van der Waals surface area contributed by atoms with Crippen LogP contribution in [0.5, 0.6) is 0 Å². The van der Waals surface area contributed by atoms with Crippen LogP contribution in [-0.4, -0.2) is 30.3 Å². The predicted molar refractivity (Wildman–Crippen MR) is 110 cm³/mol. The molecule has 0 radical (unpaired) electrons. The Hall–Kier alpha value is -2.47. The number of benzene rings is 1. The number of nitrogens with one attached hydrogen (secondary N) is 1. The van der Waals surface area contributed by atoms with Gasteiger partial charge in [0.15, 0.2) is 6.17 Å². The Morgan fingerprint density at radius 1 is 1.41 bits per heavy atom. The van der Waals surface area contributed by atoms with Gasteiger partial charge in [-0.15, -0.1) is 0 Å². The second kappa shape index (κ2) is 8.05. The first-order valence-electron chi connectivity index (χ1n) is 9.60. The number of ether oxygens (including phenoxy) is 1. The van der Waals surface area contributed by atoms with E-state index in [2.05, 4.69) is 12.2 Å². The number of nitrogens with two attached hydrogens (primary N) is 2. The van der Waals surface area contributed by atoms with Crippen molar-refractivity contribution in [3.8, 4) is 0 Å². The highest BCUT2D eigenvalue weighted by Crippen LogP contribution is 2.50. The summed E-state index contributed by atoms with van der Waals surface area (Å²) in [5.74, 6) is 1.19. The van der Waals surface area contributed by atoms with Crippen molar-refractivity contribution in [1.29, 1.82) is 0 Å². The monoisotopic (exact) mass is 370 g/mol. The highest BCUT2D eigenvalue weighted by atomic mass is 16.5. The highest BCUT2D eigenvalue weighted by molar-refractivity contribution is 5.90. The first-order chi connectivity index (χ1) is 13.0. The van der Waals surface area contributed by atoms with Gasteiger partial charge in [-0.2, -0.15) is 0 Å². The fourth-order valence-corrected chi connectivity index (χ4v) is 3.52. The van der Waals surface area contributed by atoms with Crippen molar-refractivity contribution in [3.05, 3.63) is 47.7 Å². The van der Waals surface area contributed by atoms with Crippen LogP contribution in [0.3, 0.4) is 0 Å². The first-order valence-corrected chi connectivity index (χ1v) is 9.60. The number of nitrogens with zero attached hydrogens (tertiary/aromatic N) is 1. The summed E-state index contributed by atoms with van der Waals surface area (Å²) < 4.78 is 5.48. The third-order valence-corrected chi connectivity index (χ3v) is 5.45. The number of methoxy groups -OCH3 is 1. The molecule has 1 saturated carbocycles. The van der Waals surface area contributed by atoms with Crippen LogP contribution in [0.15, 0.2) is 47.2 Å². The zero-order valence-electron chi connectivity index (χ0n) is 16.1. The number of aliphatic hydroxyl groups is 1. The molecular weight excluding hydrogens is 340 g/mol. The largest absolute Gasteiger partial charge is 0.497 e. The summed E-state index contributed by atoms with van der Waals surface area (Å²) in [4.78, 5) is 4.71. The fraction of sp³-hybridized carbons (Fsp3) is 0.476. The van der Waals surface area contributed by atoms with Gasteiger partial charge in [0.2, 0.25) is 0 Å². The molecule has 0 bridgehead atoms. The van der Waals surface area contributed by atoms with E-state index in [-0.39, 0.29) is 5.41 Å². The molecule has 2 unspecified atom stereocenters. The lowest BCUT2D eigenvalue weighted by molar-refractivity contribution is 0.114. The van der Waals surface area contributed by atoms with Gasteiger partial charge in [-0.1, -0.05) is 31.9 Å². The smallest absolute Gasteiger partial charge is 0.178 e. The Balaban J connectivity index is 1.80. The molecule has 6 heteroatoms. The summed E-state index contributed by atoms with van der Waals surface area (Å²) in [6.45, 7) is 2.12. The molecule has 6 nitrogen and oxygen atoms in total. The van der Waals surface area contributed by atoms with Crippen molar-refractivity contribution in [2.24, 2.45) is 16.1 Å². The number of nitrogen functional groups attached to an aromatic ring is 1. The molecule has 2 atom stereocenters. The molecule has 1 aromatic rings. The molecule has 1 fully saturated rings. The van der Waals surface area contributed by atoms with Gasteiger partial charge in [-0.25, -0.2) is 4.99 Å². The third-order valence-electron chi connectivity index (χ3n) is 5.45. The minimum absolute atomic E-state index is 0.381. The van der Waals surface area contributed by atoms with Crippen LogP contribution in [-0.2, 0) is 4.74 Å². The van der Waals surface area contributed by atoms with E-state index >= 15 is 0 Å². The number of hydrogen-bond donors (Lipinski definition) is 4. The molecule has 0 spiro atoms. The van der Waals surface area contributed by atoms with E-state index in [1.807, 2.05) is 36.4 Å². The molecule has 0 aromatic heterocycles. The molecule has 3 rings (SSSR count). The van der Waals surface area contributed by atoms with E-state index in [9.17, 15) is 5.11 Å². The third kappa shape index (κ3) is 4.11. The lowest BCUT2D eigenvalue weighted by Gasteiger charge is -2.27. The van der Waals surface area contributed by atoms with Crippen molar-refractivity contribution in [3.63, 3.8) is 0 Å². The molecule has 27 heavy (non-hydrogen) atoms. The number of allylic oxidation sites excluding steroid dienone is 2. The van der Waals surface area contributed by atoms with Crippen LogP contribution in [0.4, 0.5) is 5.69 Å². The zero-order chi connectivity index (χ0) is 19.4. The minimum atomic E-state index is -0.441. The highest BCUT2D eigenvalue weighted by Gasteiger charge is 2.52. The van der Waals surface area contributed by atoms with Gasteiger partial charge in [0.25, 0.3) is 0 Å². The molecule has 0 saturated heterocycles. The van der Waals surface area contributed by atoms with Gasteiger partial charge in [-0.05, 0) is 49.1 Å². The number of amidine groups is 1. The number of unbranched alkanes of at least 4 members (excludes halogenated alkanes) is 1. The molecule has 0 amide bonds. The van der Waals surface area contributed by atoms with Crippen LogP contribution < -0.4 is 16.8 Å². The van der Waals surface area contributed by atoms with Crippen LogP contribution in [0.2, 0.25) is 0 Å². The SMILES string of the molecule is CCCCC(O)C1(C(N)=NC2NC(c3cccc(N)c3)=CC=C2OC)CC1. The Bertz CT molecular complexity index is 765. The molecule has 6 N–H and O–H groups in total. The number of aliphatic hydroxyl groups excluding tert-OH is 1. The summed E-state index contributed by atoms with van der Waals surface area (Å²) in [6.07, 6.45) is 7.53. The van der Waals surface area contributed by atoms with Gasteiger partial charge < -0.3 is 26.6 Å². The van der Waals surface area contributed by atoms with E-state index in [1.165, 1.54) is 0 Å². The lowest BCUT2D eigenvalue weighted by Crippen LogP contribution is -2.40. The Morgan fingerprint density at radius 2 is 2.19 bits per heavy atom. The van der Waals surface area contributed by atoms with Crippen LogP contribution >= 0.6 is 0 Å². The van der Waals surface area contributed by atoms with Crippen LogP contribution in [0.25, 0.3) is 5.70 Å². The fourth-order valence-electron chi connectivity index (χ4n) is 3.52. The quantitative estimate of drug-likeness (QED) is 0.320. The molecule has 1 heterocycles. The first kappa shape index (κ1) is 19.3. The van der Waals surface area contributed by atoms with Gasteiger partial charge in [0.1, 0.15) is 11.6 Å². The molecule has 146 valence electrons. The maximum atomic E-state index is 10.6. The van der Waals surface area contributed by atoms with Crippen LogP contribution in [0, 0.1) is 5.41 Å². The second-order valence-electron chi connectivity index (χ2n) is 7.35. The number of rotatable bonds is 8. The average Bonchev–Trinajstić information content (AvgIpc) is 3.48. The van der Waals surface area contributed by atoms with Crippen molar-refractivity contribution < 1.29 is 9.84 Å². The predicted octanol–water partition coefficient (Wildman–Crippen LogP) is 2.76. The maximum absolute atomic E-state index is 10.6. The van der Waals surface area contributed by atoms with E-state index < -0.39 is 12.3 Å². The Kier molecular flexibility index (Phi) is 5.75. The number of hydrogen-bond acceptors (Lipinski definition) is 5. The Labute approximate surface area is 161 Å². The number of aliphatic imine (C=N–C) groups is 1. The standard InChI is InChI=1S/C21H30N4O2/c1-3-4-8-18(26)21(11-12-21)20(23)25-19-17(27-2)10-9-16(24-19)14-6-5-7-15(22)13-14/h5-7,9-10,13,18-19,24,26H,3-4,8,11-12,22H2,1-2H3,(H2,23,25). The normalized spacial score (nSPS) is 22.3. The summed E-state index contributed by atoms with van der Waals surface area (Å²) >= 11 is 0. The van der Waals surface area contributed by atoms with E-state index in [0.717, 1.165) is 43.4 Å². The summed E-state index contributed by atoms with van der Waals surface area (Å²) in [7, 11) is 1.62. The van der Waals surface area contributed by atoms with Gasteiger partial charge in [0, 0.05) is 11.4 Å². The molecule has 1 aliphatic carbocycles. The summed E-state index contributed by atoms with van der Waals surface area (Å²) in [5, 5.41) is 14.0. The number of dihydropyridines is 1. The van der Waals surface area contributed by atoms with Crippen molar-refractivity contribution in [2.45, 2.75) is 51.3 Å². The van der Waals surface area contributed by atoms with E-state index in [1.54, 1.807) is 7.11 Å². The molecule has 1 aliphatic heterocycles. The molecular formula is C21H30N4O2. The number of anilines is 1. The molecule has 1 aromatic carbocycles. The van der Waals surface area contributed by atoms with Crippen molar-refractivity contribution >= 4 is 17.2 Å². The molecule has 2 aliphatic rings.